The van der Waals surface area contributed by atoms with E-state index in [0.717, 1.165) is 22.8 Å². The number of benzene rings is 1. The molecule has 1 aliphatic heterocycles. The van der Waals surface area contributed by atoms with Gasteiger partial charge in [0.2, 0.25) is 17.6 Å². The number of pyridine rings is 1. The number of aliphatic carboxylic acids is 2. The number of hydrazone groups is 1. The molecule has 1 aromatic carbocycles. The molecule has 3 aromatic heterocycles. The predicted molar refractivity (Wildman–Crippen MR) is 165 cm³/mol. The summed E-state index contributed by atoms with van der Waals surface area (Å²) >= 11 is 11.8. The Bertz CT molecular complexity index is 2080. The van der Waals surface area contributed by atoms with Gasteiger partial charge in [0.05, 0.1) is 43.7 Å². The lowest BCUT2D eigenvalue weighted by Gasteiger charge is -2.30. The van der Waals surface area contributed by atoms with E-state index in [9.17, 15) is 36.3 Å². The van der Waals surface area contributed by atoms with Gasteiger partial charge in [0.25, 0.3) is 21.7 Å². The molecule has 5 rings (SSSR count). The summed E-state index contributed by atoms with van der Waals surface area (Å²) in [6.45, 7) is 1.39. The summed E-state index contributed by atoms with van der Waals surface area (Å²) in [5, 5.41) is 27.8. The minimum absolute atomic E-state index is 0.0970. The van der Waals surface area contributed by atoms with E-state index in [1.807, 2.05) is 4.72 Å². The second-order valence-electron chi connectivity index (χ2n) is 9.80. The predicted octanol–water partition coefficient (Wildman–Crippen LogP) is 3.85. The maximum atomic E-state index is 13.3. The minimum Gasteiger partial charge on any atom is -0.481 e. The summed E-state index contributed by atoms with van der Waals surface area (Å²) in [4.78, 5) is 32.6. The average molecular weight is 751 g/mol. The number of ether oxygens (including phenoxy) is 3. The van der Waals surface area contributed by atoms with Crippen LogP contribution in [0.2, 0.25) is 10.0 Å². The van der Waals surface area contributed by atoms with Crippen LogP contribution in [-0.2, 0) is 25.8 Å². The molecular weight excluding hydrogens is 728 g/mol. The molecule has 0 saturated carbocycles. The Labute approximate surface area is 283 Å². The molecule has 0 spiro atoms. The molecule has 49 heavy (non-hydrogen) atoms. The van der Waals surface area contributed by atoms with Crippen molar-refractivity contribution < 1.29 is 55.6 Å². The minimum atomic E-state index is -4.98. The summed E-state index contributed by atoms with van der Waals surface area (Å²) in [5.41, 5.74) is -2.92. The molecule has 1 unspecified atom stereocenters. The first-order valence-electron chi connectivity index (χ1n) is 13.1. The fraction of sp³-hybridized carbons (Fsp3) is 0.269. The number of hydrogen-bond acceptors (Lipinski definition) is 13. The van der Waals surface area contributed by atoms with Crippen LogP contribution in [0, 0.1) is 0 Å². The van der Waals surface area contributed by atoms with Crippen LogP contribution in [0.25, 0.3) is 5.78 Å². The van der Waals surface area contributed by atoms with Crippen LogP contribution in [-0.4, -0.2) is 87.7 Å². The van der Waals surface area contributed by atoms with E-state index in [1.165, 1.54) is 45.4 Å². The van der Waals surface area contributed by atoms with Gasteiger partial charge in [-0.15, -0.1) is 5.10 Å². The first kappa shape index (κ1) is 36.7. The van der Waals surface area contributed by atoms with Crippen LogP contribution >= 0.6 is 23.2 Å². The van der Waals surface area contributed by atoms with Gasteiger partial charge in [0.1, 0.15) is 5.71 Å². The Kier molecular flexibility index (Phi) is 10.3. The van der Waals surface area contributed by atoms with Crippen molar-refractivity contribution in [1.82, 2.24) is 24.6 Å². The van der Waals surface area contributed by atoms with Crippen LogP contribution in [0.5, 0.6) is 17.6 Å². The van der Waals surface area contributed by atoms with E-state index >= 15 is 0 Å². The number of hydrogen-bond donors (Lipinski definition) is 3. The maximum absolute atomic E-state index is 13.3. The first-order chi connectivity index (χ1) is 22.9. The molecule has 0 radical (unpaired) electrons. The molecule has 1 atom stereocenters. The largest absolute Gasteiger partial charge is 0.481 e. The molecule has 4 aromatic rings. The number of anilines is 2. The number of nitrogens with one attached hydrogen (secondary N) is 1. The lowest BCUT2D eigenvalue weighted by Crippen LogP contribution is -2.47. The Morgan fingerprint density at radius 1 is 1.04 bits per heavy atom. The number of sulfonamides is 1. The molecule has 0 bridgehead atoms. The van der Waals surface area contributed by atoms with Gasteiger partial charge in [-0.3, -0.25) is 0 Å². The number of nitrogens with zero attached hydrogens (tertiary/aromatic N) is 7. The second-order valence-corrected chi connectivity index (χ2v) is 12.3. The van der Waals surface area contributed by atoms with Crippen molar-refractivity contribution in [2.24, 2.45) is 5.10 Å². The van der Waals surface area contributed by atoms with Crippen molar-refractivity contribution in [3.05, 3.63) is 52.1 Å². The fourth-order valence-electron chi connectivity index (χ4n) is 4.27. The van der Waals surface area contributed by atoms with Gasteiger partial charge in [0, 0.05) is 17.6 Å². The summed E-state index contributed by atoms with van der Waals surface area (Å²) < 4.78 is 83.1. The van der Waals surface area contributed by atoms with E-state index in [0.29, 0.717) is 11.1 Å². The van der Waals surface area contributed by atoms with Gasteiger partial charge in [-0.1, -0.05) is 23.2 Å². The summed E-state index contributed by atoms with van der Waals surface area (Å²) in [5.74, 6) is -3.66. The third kappa shape index (κ3) is 7.47. The highest BCUT2D eigenvalue weighted by molar-refractivity contribution is 7.92. The molecule has 23 heteroatoms. The molecule has 0 amide bonds. The van der Waals surface area contributed by atoms with Gasteiger partial charge in [0.15, 0.2) is 10.4 Å². The SMILES string of the molecule is CC1(C(=O)O)CC(C(=O)O)=NN1c1ccc(Cl)cc1Cl.COc1cc(OC)n2nc(NS(=O)(=O)c3c(C(F)(F)F)ccnc3OC)nc2n1. The van der Waals surface area contributed by atoms with E-state index in [2.05, 4.69) is 25.2 Å². The van der Waals surface area contributed by atoms with Crippen LogP contribution < -0.4 is 23.9 Å². The summed E-state index contributed by atoms with van der Waals surface area (Å²) in [7, 11) is -1.20. The Morgan fingerprint density at radius 3 is 2.29 bits per heavy atom. The van der Waals surface area contributed by atoms with Gasteiger partial charge in [-0.2, -0.15) is 32.8 Å². The van der Waals surface area contributed by atoms with Crippen molar-refractivity contribution in [3.63, 3.8) is 0 Å². The van der Waals surface area contributed by atoms with Crippen molar-refractivity contribution >= 4 is 68.3 Å². The van der Waals surface area contributed by atoms with Gasteiger partial charge in [-0.25, -0.2) is 32.7 Å². The van der Waals surface area contributed by atoms with E-state index < -0.39 is 56.0 Å². The molecule has 262 valence electrons. The fourth-order valence-corrected chi connectivity index (χ4v) is 6.02. The monoisotopic (exact) mass is 750 g/mol. The zero-order valence-corrected chi connectivity index (χ0v) is 27.7. The number of halogens is 5. The molecule has 17 nitrogen and oxygen atoms in total. The maximum Gasteiger partial charge on any atom is 0.418 e. The van der Waals surface area contributed by atoms with E-state index in [-0.39, 0.29) is 40.4 Å². The highest BCUT2D eigenvalue weighted by atomic mass is 35.5. The third-order valence-corrected chi connectivity index (χ3v) is 8.51. The van der Waals surface area contributed by atoms with Crippen LogP contribution in [0.3, 0.4) is 0 Å². The zero-order chi connectivity index (χ0) is 36.5. The van der Waals surface area contributed by atoms with Crippen molar-refractivity contribution in [1.29, 1.82) is 0 Å². The Balaban J connectivity index is 0.000000237. The van der Waals surface area contributed by atoms with Gasteiger partial charge in [-0.05, 0) is 31.2 Å². The number of aromatic nitrogens is 5. The highest BCUT2D eigenvalue weighted by Crippen LogP contribution is 2.39. The van der Waals surface area contributed by atoms with Crippen molar-refractivity contribution in [2.45, 2.75) is 30.0 Å². The van der Waals surface area contributed by atoms with Crippen LogP contribution in [0.1, 0.15) is 18.9 Å². The van der Waals surface area contributed by atoms with Crippen LogP contribution in [0.15, 0.2) is 46.5 Å². The Hall–Kier alpha value is -5.15. The molecule has 0 fully saturated rings. The molecule has 1 aliphatic rings. The summed E-state index contributed by atoms with van der Waals surface area (Å²) in [6.07, 6.45) is -4.42. The number of rotatable bonds is 9. The average Bonchev–Trinajstić information content (AvgIpc) is 3.60. The van der Waals surface area contributed by atoms with Crippen LogP contribution in [0.4, 0.5) is 24.8 Å². The molecule has 0 aliphatic carbocycles. The second kappa shape index (κ2) is 13.8. The lowest BCUT2D eigenvalue weighted by molar-refractivity contribution is -0.142. The van der Waals surface area contributed by atoms with Gasteiger partial charge >= 0.3 is 18.1 Å². The van der Waals surface area contributed by atoms with E-state index in [4.69, 9.17) is 42.5 Å². The zero-order valence-electron chi connectivity index (χ0n) is 25.4. The number of methoxy groups -OCH3 is 3. The van der Waals surface area contributed by atoms with Crippen molar-refractivity contribution in [2.75, 3.05) is 31.1 Å². The smallest absolute Gasteiger partial charge is 0.418 e. The standard InChI is InChI=1S/C14H13F3N6O5S.C12H10Cl2N2O4/c1-26-8-6-9(27-2)23-13(19-8)20-12(21-23)22-29(24,25)10-7(14(15,16)17)4-5-18-11(10)28-3;1-12(11(19)20)5-8(10(17)18)15-16(12)9-3-2-6(13)4-7(9)14/h4-6H,1-3H3,(H,21,22);2-4H,5H2,1H3,(H,17,18)(H,19,20). The lowest BCUT2D eigenvalue weighted by atomic mass is 9.95. The normalized spacial score (nSPS) is 16.0. The summed E-state index contributed by atoms with van der Waals surface area (Å²) in [6, 6.07) is 6.34. The first-order valence-corrected chi connectivity index (χ1v) is 15.4. The number of fused-ring (bicyclic) bond motifs is 1. The number of carboxylic acids is 2. The highest BCUT2D eigenvalue weighted by Gasteiger charge is 2.48. The topological polar surface area (TPSA) is 220 Å². The Morgan fingerprint density at radius 2 is 1.73 bits per heavy atom. The molecule has 0 saturated heterocycles. The number of carboxylic acid groups (broad SMARTS) is 2. The molecule has 4 heterocycles. The number of alkyl halides is 3. The van der Waals surface area contributed by atoms with Crippen molar-refractivity contribution in [3.8, 4) is 17.6 Å². The van der Waals surface area contributed by atoms with Gasteiger partial charge < -0.3 is 24.4 Å². The number of carbonyl (C=O) groups is 2. The molecular formula is C26H23Cl2F3N8O9S. The quantitative estimate of drug-likeness (QED) is 0.221. The third-order valence-electron chi connectivity index (χ3n) is 6.58. The van der Waals surface area contributed by atoms with E-state index in [1.54, 1.807) is 0 Å². The molecule has 3 N–H and O–H groups in total.